The van der Waals surface area contributed by atoms with Crippen molar-refractivity contribution in [1.29, 1.82) is 0 Å². The Hall–Kier alpha value is -1.06. The third-order valence-electron chi connectivity index (χ3n) is 4.86. The van der Waals surface area contributed by atoms with Crippen molar-refractivity contribution in [3.63, 3.8) is 0 Å². The van der Waals surface area contributed by atoms with Gasteiger partial charge in [0, 0.05) is 24.6 Å². The van der Waals surface area contributed by atoms with E-state index in [0.29, 0.717) is 18.8 Å². The molecule has 0 amide bonds. The lowest BCUT2D eigenvalue weighted by molar-refractivity contribution is -0.125. The summed E-state index contributed by atoms with van der Waals surface area (Å²) in [5.74, 6) is 0.954. The molecule has 3 atom stereocenters. The second kappa shape index (κ2) is 7.28. The molecular formula is C18H29NO2. The van der Waals surface area contributed by atoms with E-state index in [1.807, 2.05) is 12.1 Å². The first-order valence-electron chi connectivity index (χ1n) is 8.14. The van der Waals surface area contributed by atoms with Crippen LogP contribution >= 0.6 is 0 Å². The van der Waals surface area contributed by atoms with Crippen molar-refractivity contribution in [2.75, 3.05) is 19.8 Å². The van der Waals surface area contributed by atoms with Gasteiger partial charge in [0.15, 0.2) is 0 Å². The number of hydrogen-bond acceptors (Lipinski definition) is 3. The van der Waals surface area contributed by atoms with Crippen LogP contribution in [0.3, 0.4) is 0 Å². The number of hydrogen-bond donors (Lipinski definition) is 1. The normalized spacial score (nSPS) is 28.2. The molecule has 0 saturated heterocycles. The zero-order valence-corrected chi connectivity index (χ0v) is 13.8. The Morgan fingerprint density at radius 3 is 2.81 bits per heavy atom. The van der Waals surface area contributed by atoms with Gasteiger partial charge in [-0.25, -0.2) is 0 Å². The minimum Gasteiger partial charge on any atom is -0.492 e. The zero-order valence-electron chi connectivity index (χ0n) is 13.8. The number of benzene rings is 1. The van der Waals surface area contributed by atoms with Crippen LogP contribution in [0.25, 0.3) is 0 Å². The van der Waals surface area contributed by atoms with Gasteiger partial charge in [0.25, 0.3) is 0 Å². The van der Waals surface area contributed by atoms with Crippen LogP contribution in [-0.4, -0.2) is 31.9 Å². The lowest BCUT2D eigenvalue weighted by Gasteiger charge is -2.53. The van der Waals surface area contributed by atoms with Crippen molar-refractivity contribution in [1.82, 2.24) is 5.32 Å². The zero-order chi connectivity index (χ0) is 15.3. The van der Waals surface area contributed by atoms with Crippen molar-refractivity contribution >= 4 is 0 Å². The molecule has 1 N–H and O–H groups in total. The number of aryl methyl sites for hydroxylation is 1. The first-order chi connectivity index (χ1) is 10.1. The standard InChI is InChI=1S/C18H29NO2/c1-5-18(4)16(13-17(18)20-6-2)19-10-11-21-15-9-7-8-14(3)12-15/h7-9,12,16-17,19H,5-6,10-11,13H2,1-4H3. The van der Waals surface area contributed by atoms with Gasteiger partial charge in [-0.05, 0) is 44.4 Å². The molecule has 0 radical (unpaired) electrons. The Balaban J connectivity index is 1.72. The quantitative estimate of drug-likeness (QED) is 0.743. The summed E-state index contributed by atoms with van der Waals surface area (Å²) < 4.78 is 11.6. The average Bonchev–Trinajstić information content (AvgIpc) is 2.48. The molecule has 1 aliphatic carbocycles. The first kappa shape index (κ1) is 16.3. The van der Waals surface area contributed by atoms with Crippen LogP contribution < -0.4 is 10.1 Å². The maximum Gasteiger partial charge on any atom is 0.119 e. The van der Waals surface area contributed by atoms with Crippen LogP contribution in [0.4, 0.5) is 0 Å². The summed E-state index contributed by atoms with van der Waals surface area (Å²) in [6, 6.07) is 8.74. The van der Waals surface area contributed by atoms with Crippen LogP contribution in [-0.2, 0) is 4.74 Å². The lowest BCUT2D eigenvalue weighted by Crippen LogP contribution is -2.62. The Morgan fingerprint density at radius 1 is 1.33 bits per heavy atom. The molecule has 1 aromatic rings. The minimum atomic E-state index is 0.263. The van der Waals surface area contributed by atoms with Gasteiger partial charge in [-0.15, -0.1) is 0 Å². The monoisotopic (exact) mass is 291 g/mol. The molecule has 1 aliphatic rings. The Labute approximate surface area is 129 Å². The third kappa shape index (κ3) is 3.78. The summed E-state index contributed by atoms with van der Waals surface area (Å²) >= 11 is 0. The van der Waals surface area contributed by atoms with Gasteiger partial charge in [-0.2, -0.15) is 0 Å². The molecule has 3 unspecified atom stereocenters. The summed E-state index contributed by atoms with van der Waals surface area (Å²) in [4.78, 5) is 0. The maximum atomic E-state index is 5.83. The van der Waals surface area contributed by atoms with Gasteiger partial charge in [-0.3, -0.25) is 0 Å². The van der Waals surface area contributed by atoms with Crippen molar-refractivity contribution < 1.29 is 9.47 Å². The molecule has 2 rings (SSSR count). The minimum absolute atomic E-state index is 0.263. The molecule has 0 aromatic heterocycles. The highest BCUT2D eigenvalue weighted by Crippen LogP contribution is 2.45. The van der Waals surface area contributed by atoms with E-state index < -0.39 is 0 Å². The van der Waals surface area contributed by atoms with E-state index in [0.717, 1.165) is 31.7 Å². The molecule has 0 spiro atoms. The predicted molar refractivity (Wildman–Crippen MR) is 86.9 cm³/mol. The van der Waals surface area contributed by atoms with Gasteiger partial charge in [0.1, 0.15) is 12.4 Å². The van der Waals surface area contributed by atoms with Crippen LogP contribution in [0.15, 0.2) is 24.3 Å². The van der Waals surface area contributed by atoms with Crippen LogP contribution in [0.5, 0.6) is 5.75 Å². The maximum absolute atomic E-state index is 5.83. The molecule has 0 bridgehead atoms. The molecule has 0 aliphatic heterocycles. The van der Waals surface area contributed by atoms with Gasteiger partial charge < -0.3 is 14.8 Å². The smallest absolute Gasteiger partial charge is 0.119 e. The highest BCUT2D eigenvalue weighted by Gasteiger charge is 2.50. The van der Waals surface area contributed by atoms with Crippen molar-refractivity contribution in [3.8, 4) is 5.75 Å². The second-order valence-corrected chi connectivity index (χ2v) is 6.21. The molecule has 21 heavy (non-hydrogen) atoms. The van der Waals surface area contributed by atoms with E-state index in [2.05, 4.69) is 45.1 Å². The molecule has 3 heteroatoms. The Morgan fingerprint density at radius 2 is 2.14 bits per heavy atom. The van der Waals surface area contributed by atoms with Crippen LogP contribution in [0, 0.1) is 12.3 Å². The van der Waals surface area contributed by atoms with E-state index in [1.165, 1.54) is 5.56 Å². The summed E-state index contributed by atoms with van der Waals surface area (Å²) in [5.41, 5.74) is 1.50. The Kier molecular flexibility index (Phi) is 5.65. The SMILES string of the molecule is CCOC1CC(NCCOc2cccc(C)c2)C1(C)CC. The lowest BCUT2D eigenvalue weighted by atomic mass is 9.61. The van der Waals surface area contributed by atoms with E-state index in [9.17, 15) is 0 Å². The predicted octanol–water partition coefficient (Wildman–Crippen LogP) is 3.56. The average molecular weight is 291 g/mol. The van der Waals surface area contributed by atoms with Crippen LogP contribution in [0.1, 0.15) is 39.2 Å². The van der Waals surface area contributed by atoms with Crippen molar-refractivity contribution in [2.45, 2.75) is 52.7 Å². The topological polar surface area (TPSA) is 30.5 Å². The summed E-state index contributed by atoms with van der Waals surface area (Å²) in [7, 11) is 0. The van der Waals surface area contributed by atoms with E-state index in [-0.39, 0.29) is 5.41 Å². The van der Waals surface area contributed by atoms with E-state index in [4.69, 9.17) is 9.47 Å². The third-order valence-corrected chi connectivity index (χ3v) is 4.86. The fourth-order valence-electron chi connectivity index (χ4n) is 3.17. The highest BCUT2D eigenvalue weighted by atomic mass is 16.5. The summed E-state index contributed by atoms with van der Waals surface area (Å²) in [6.07, 6.45) is 2.67. The fourth-order valence-corrected chi connectivity index (χ4v) is 3.17. The van der Waals surface area contributed by atoms with Crippen LogP contribution in [0.2, 0.25) is 0 Å². The molecule has 1 aromatic carbocycles. The second-order valence-electron chi connectivity index (χ2n) is 6.21. The molecule has 118 valence electrons. The number of nitrogens with one attached hydrogen (secondary N) is 1. The number of ether oxygens (including phenoxy) is 2. The molecule has 1 fully saturated rings. The first-order valence-corrected chi connectivity index (χ1v) is 8.14. The van der Waals surface area contributed by atoms with Gasteiger partial charge in [0.05, 0.1) is 6.10 Å². The summed E-state index contributed by atoms with van der Waals surface area (Å²) in [5, 5.41) is 3.63. The molecular weight excluding hydrogens is 262 g/mol. The van der Waals surface area contributed by atoms with E-state index >= 15 is 0 Å². The highest BCUT2D eigenvalue weighted by molar-refractivity contribution is 5.27. The van der Waals surface area contributed by atoms with Crippen molar-refractivity contribution in [2.24, 2.45) is 5.41 Å². The van der Waals surface area contributed by atoms with E-state index in [1.54, 1.807) is 0 Å². The summed E-state index contributed by atoms with van der Waals surface area (Å²) in [6.45, 7) is 11.1. The molecule has 3 nitrogen and oxygen atoms in total. The van der Waals surface area contributed by atoms with Crippen molar-refractivity contribution in [3.05, 3.63) is 29.8 Å². The fraction of sp³-hybridized carbons (Fsp3) is 0.667. The molecule has 0 heterocycles. The number of rotatable bonds is 8. The van der Waals surface area contributed by atoms with Gasteiger partial charge >= 0.3 is 0 Å². The van der Waals surface area contributed by atoms with Gasteiger partial charge in [-0.1, -0.05) is 26.0 Å². The van der Waals surface area contributed by atoms with Gasteiger partial charge in [0.2, 0.25) is 0 Å². The Bertz CT molecular complexity index is 449. The molecule has 1 saturated carbocycles. The largest absolute Gasteiger partial charge is 0.492 e.